The van der Waals surface area contributed by atoms with Crippen molar-refractivity contribution in [3.63, 3.8) is 0 Å². The second kappa shape index (κ2) is 11.1. The van der Waals surface area contributed by atoms with Gasteiger partial charge in [-0.25, -0.2) is 0 Å². The summed E-state index contributed by atoms with van der Waals surface area (Å²) in [6.45, 7) is 0. The minimum absolute atomic E-state index is 1.07. The van der Waals surface area contributed by atoms with Crippen LogP contribution in [0.25, 0.3) is 60.9 Å². The fourth-order valence-corrected chi connectivity index (χ4v) is 6.15. The summed E-state index contributed by atoms with van der Waals surface area (Å²) in [5, 5.41) is 6.07. The Bertz CT molecular complexity index is 2190. The Hall–Kier alpha value is -5.86. The molecule has 2 heteroatoms. The maximum absolute atomic E-state index is 3.53. The molecule has 1 N–H and O–H groups in total. The molecule has 0 saturated heterocycles. The summed E-state index contributed by atoms with van der Waals surface area (Å²) in [6, 6.07) is 62.7. The fraction of sp³-hybridized carbons (Fsp3) is 0. The third kappa shape index (κ3) is 4.83. The van der Waals surface area contributed by atoms with Crippen LogP contribution in [0.1, 0.15) is 0 Å². The summed E-state index contributed by atoms with van der Waals surface area (Å²) in [4.78, 5) is 0. The lowest BCUT2D eigenvalue weighted by molar-refractivity contribution is 1.18. The van der Waals surface area contributed by atoms with E-state index in [1.807, 2.05) is 6.07 Å². The number of aromatic nitrogens is 1. The van der Waals surface area contributed by atoms with Crippen LogP contribution in [0, 0.1) is 0 Å². The zero-order valence-electron chi connectivity index (χ0n) is 24.2. The Balaban J connectivity index is 1.04. The van der Waals surface area contributed by atoms with Crippen LogP contribution in [-0.4, -0.2) is 4.57 Å². The molecule has 0 radical (unpaired) electrons. The fourth-order valence-electron chi connectivity index (χ4n) is 6.15. The third-order valence-corrected chi connectivity index (χ3v) is 8.41. The molecule has 0 unspecified atom stereocenters. The van der Waals surface area contributed by atoms with Crippen molar-refractivity contribution in [2.45, 2.75) is 0 Å². The first-order valence-corrected chi connectivity index (χ1v) is 15.0. The van der Waals surface area contributed by atoms with Gasteiger partial charge in [-0.1, -0.05) is 127 Å². The molecule has 0 aliphatic heterocycles. The van der Waals surface area contributed by atoms with Crippen molar-refractivity contribution in [1.82, 2.24) is 4.57 Å². The lowest BCUT2D eigenvalue weighted by atomic mass is 9.99. The number of hydrogen-bond acceptors (Lipinski definition) is 1. The molecule has 1 aromatic heterocycles. The number of hydrogen-bond donors (Lipinski definition) is 1. The molecule has 2 nitrogen and oxygen atoms in total. The molecule has 0 aliphatic carbocycles. The number of rotatable bonds is 6. The first kappa shape index (κ1) is 25.8. The van der Waals surface area contributed by atoms with Crippen LogP contribution in [0.5, 0.6) is 0 Å². The monoisotopic (exact) mass is 562 g/mol. The van der Waals surface area contributed by atoms with E-state index in [0.717, 1.165) is 11.4 Å². The molecule has 0 saturated carbocycles. The van der Waals surface area contributed by atoms with E-state index in [2.05, 4.69) is 180 Å². The molecule has 0 atom stereocenters. The summed E-state index contributed by atoms with van der Waals surface area (Å²) in [5.74, 6) is 0. The third-order valence-electron chi connectivity index (χ3n) is 8.41. The average Bonchev–Trinajstić information content (AvgIpc) is 3.43. The zero-order chi connectivity index (χ0) is 29.3. The number of benzene rings is 7. The highest BCUT2D eigenvalue weighted by molar-refractivity contribution is 6.10. The van der Waals surface area contributed by atoms with E-state index in [-0.39, 0.29) is 0 Å². The lowest BCUT2D eigenvalue weighted by Crippen LogP contribution is -1.93. The lowest BCUT2D eigenvalue weighted by Gasteiger charge is -2.10. The molecule has 1 heterocycles. The Labute approximate surface area is 257 Å². The Morgan fingerprint density at radius 1 is 0.318 bits per heavy atom. The van der Waals surface area contributed by atoms with Gasteiger partial charge in [-0.15, -0.1) is 0 Å². The van der Waals surface area contributed by atoms with Crippen molar-refractivity contribution < 1.29 is 0 Å². The van der Waals surface area contributed by atoms with Gasteiger partial charge in [-0.3, -0.25) is 0 Å². The quantitative estimate of drug-likeness (QED) is 0.213. The average molecular weight is 563 g/mol. The van der Waals surface area contributed by atoms with E-state index >= 15 is 0 Å². The maximum atomic E-state index is 3.53. The molecule has 0 fully saturated rings. The molecule has 8 rings (SSSR count). The van der Waals surface area contributed by atoms with Gasteiger partial charge in [0.1, 0.15) is 0 Å². The van der Waals surface area contributed by atoms with Crippen molar-refractivity contribution in [3.8, 4) is 39.1 Å². The molecule has 8 aromatic rings. The van der Waals surface area contributed by atoms with Gasteiger partial charge in [0.25, 0.3) is 0 Å². The predicted molar refractivity (Wildman–Crippen MR) is 187 cm³/mol. The summed E-state index contributed by atoms with van der Waals surface area (Å²) in [7, 11) is 0. The number of fused-ring (bicyclic) bond motifs is 3. The van der Waals surface area contributed by atoms with Gasteiger partial charge in [0, 0.05) is 27.8 Å². The minimum Gasteiger partial charge on any atom is -0.356 e. The van der Waals surface area contributed by atoms with Crippen LogP contribution in [0.2, 0.25) is 0 Å². The second-order valence-corrected chi connectivity index (χ2v) is 11.1. The van der Waals surface area contributed by atoms with Gasteiger partial charge < -0.3 is 9.88 Å². The number of nitrogens with zero attached hydrogens (tertiary/aromatic N) is 1. The van der Waals surface area contributed by atoms with Crippen molar-refractivity contribution in [2.24, 2.45) is 0 Å². The standard InChI is InChI=1S/C42H30N2/c1-3-9-30(10-4-1)32-19-24-36(25-20-32)43-37-26-21-33(22-27-37)31-15-17-34(18-16-31)35-23-28-40-39-13-7-8-14-41(39)44(42(40)29-35)38-11-5-2-6-12-38/h1-29,43H. The number of para-hydroxylation sites is 2. The summed E-state index contributed by atoms with van der Waals surface area (Å²) in [5.41, 5.74) is 13.0. The van der Waals surface area contributed by atoms with Gasteiger partial charge >= 0.3 is 0 Å². The molecule has 0 aliphatic rings. The van der Waals surface area contributed by atoms with Crippen molar-refractivity contribution in [1.29, 1.82) is 0 Å². The summed E-state index contributed by atoms with van der Waals surface area (Å²) < 4.78 is 2.37. The summed E-state index contributed by atoms with van der Waals surface area (Å²) >= 11 is 0. The molecule has 7 aromatic carbocycles. The Kier molecular flexibility index (Phi) is 6.51. The molecule has 0 amide bonds. The minimum atomic E-state index is 1.07. The topological polar surface area (TPSA) is 17.0 Å². The summed E-state index contributed by atoms with van der Waals surface area (Å²) in [6.07, 6.45) is 0. The van der Waals surface area contributed by atoms with E-state index in [9.17, 15) is 0 Å². The van der Waals surface area contributed by atoms with Crippen molar-refractivity contribution in [2.75, 3.05) is 5.32 Å². The molecular formula is C42H30N2. The Morgan fingerprint density at radius 3 is 1.36 bits per heavy atom. The van der Waals surface area contributed by atoms with Crippen LogP contribution in [-0.2, 0) is 0 Å². The second-order valence-electron chi connectivity index (χ2n) is 11.1. The molecule has 44 heavy (non-hydrogen) atoms. The molecule has 208 valence electrons. The van der Waals surface area contributed by atoms with Crippen LogP contribution in [0.15, 0.2) is 176 Å². The molecule has 0 spiro atoms. The largest absolute Gasteiger partial charge is 0.356 e. The van der Waals surface area contributed by atoms with Crippen LogP contribution < -0.4 is 5.32 Å². The number of anilines is 2. The van der Waals surface area contributed by atoms with Gasteiger partial charge in [0.05, 0.1) is 11.0 Å². The predicted octanol–water partition coefficient (Wildman–Crippen LogP) is 11.5. The van der Waals surface area contributed by atoms with Gasteiger partial charge in [-0.05, 0) is 81.9 Å². The smallest absolute Gasteiger partial charge is 0.0547 e. The van der Waals surface area contributed by atoms with Crippen LogP contribution in [0.3, 0.4) is 0 Å². The highest BCUT2D eigenvalue weighted by Crippen LogP contribution is 2.35. The number of nitrogens with one attached hydrogen (secondary N) is 1. The van der Waals surface area contributed by atoms with Gasteiger partial charge in [0.15, 0.2) is 0 Å². The van der Waals surface area contributed by atoms with E-state index in [4.69, 9.17) is 0 Å². The highest BCUT2D eigenvalue weighted by atomic mass is 15.0. The van der Waals surface area contributed by atoms with Crippen LogP contribution >= 0.6 is 0 Å². The van der Waals surface area contributed by atoms with E-state index in [0.29, 0.717) is 0 Å². The van der Waals surface area contributed by atoms with Gasteiger partial charge in [-0.2, -0.15) is 0 Å². The van der Waals surface area contributed by atoms with Gasteiger partial charge in [0.2, 0.25) is 0 Å². The van der Waals surface area contributed by atoms with Crippen molar-refractivity contribution in [3.05, 3.63) is 176 Å². The van der Waals surface area contributed by atoms with E-state index in [1.54, 1.807) is 0 Å². The molecular weight excluding hydrogens is 532 g/mol. The normalized spacial score (nSPS) is 11.2. The first-order valence-electron chi connectivity index (χ1n) is 15.0. The SMILES string of the molecule is c1ccc(-c2ccc(Nc3ccc(-c4ccc(-c5ccc6c7ccccc7n(-c7ccccc7)c6c5)cc4)cc3)cc2)cc1. The Morgan fingerprint density at radius 2 is 0.750 bits per heavy atom. The van der Waals surface area contributed by atoms with E-state index < -0.39 is 0 Å². The molecule has 0 bridgehead atoms. The highest BCUT2D eigenvalue weighted by Gasteiger charge is 2.13. The zero-order valence-corrected chi connectivity index (χ0v) is 24.2. The maximum Gasteiger partial charge on any atom is 0.0547 e. The van der Waals surface area contributed by atoms with E-state index in [1.165, 1.54) is 60.9 Å². The van der Waals surface area contributed by atoms with Crippen LogP contribution in [0.4, 0.5) is 11.4 Å². The first-order chi connectivity index (χ1) is 21.8. The van der Waals surface area contributed by atoms with Crippen molar-refractivity contribution >= 4 is 33.2 Å².